The fourth-order valence-electron chi connectivity index (χ4n) is 1.60. The van der Waals surface area contributed by atoms with Crippen LogP contribution < -0.4 is 10.6 Å². The van der Waals surface area contributed by atoms with Crippen LogP contribution in [-0.4, -0.2) is 18.5 Å². The molecule has 0 fully saturated rings. The van der Waals surface area contributed by atoms with Gasteiger partial charge in [-0.25, -0.2) is 0 Å². The minimum absolute atomic E-state index is 0. The molecule has 1 unspecified atom stereocenters. The summed E-state index contributed by atoms with van der Waals surface area (Å²) < 4.78 is 0. The van der Waals surface area contributed by atoms with E-state index in [1.165, 1.54) is 0 Å². The van der Waals surface area contributed by atoms with Gasteiger partial charge in [0, 0.05) is 12.6 Å². The van der Waals surface area contributed by atoms with Crippen molar-refractivity contribution in [1.29, 1.82) is 5.26 Å². The van der Waals surface area contributed by atoms with Crippen LogP contribution in [0.4, 0.5) is 0 Å². The number of nitrogens with one attached hydrogen (secondary N) is 2. The van der Waals surface area contributed by atoms with Gasteiger partial charge < -0.3 is 10.6 Å². The minimum Gasteiger partial charge on any atom is -0.352 e. The molecule has 1 aromatic rings. The van der Waals surface area contributed by atoms with E-state index in [1.54, 1.807) is 6.07 Å². The maximum absolute atomic E-state index is 8.77. The van der Waals surface area contributed by atoms with Gasteiger partial charge in [-0.1, -0.05) is 12.1 Å². The molecule has 1 aliphatic heterocycles. The first-order valence-electron chi connectivity index (χ1n) is 5.32. The van der Waals surface area contributed by atoms with Gasteiger partial charge in [-0.2, -0.15) is 5.26 Å². The first-order valence-corrected chi connectivity index (χ1v) is 5.32. The van der Waals surface area contributed by atoms with Gasteiger partial charge in [0.1, 0.15) is 0 Å². The van der Waals surface area contributed by atoms with Crippen LogP contribution in [-0.2, 0) is 6.54 Å². The molecule has 1 aliphatic rings. The van der Waals surface area contributed by atoms with Crippen LogP contribution in [0.1, 0.15) is 18.1 Å². The van der Waals surface area contributed by atoms with E-state index in [0.717, 1.165) is 18.1 Å². The smallest absolute Gasteiger partial charge is 0.191 e. The normalized spacial score (nSPS) is 17.4. The molecule has 5 heteroatoms. The van der Waals surface area contributed by atoms with Crippen LogP contribution >= 0.6 is 24.0 Å². The van der Waals surface area contributed by atoms with Crippen molar-refractivity contribution in [3.63, 3.8) is 0 Å². The van der Waals surface area contributed by atoms with Gasteiger partial charge in [-0.05, 0) is 24.6 Å². The second-order valence-electron chi connectivity index (χ2n) is 3.90. The molecule has 0 aromatic heterocycles. The highest BCUT2D eigenvalue weighted by molar-refractivity contribution is 14.0. The Balaban J connectivity index is 0.00000144. The highest BCUT2D eigenvalue weighted by atomic mass is 127. The Morgan fingerprint density at radius 1 is 1.59 bits per heavy atom. The molecule has 90 valence electrons. The summed E-state index contributed by atoms with van der Waals surface area (Å²) in [5.74, 6) is 0.842. The van der Waals surface area contributed by atoms with Gasteiger partial charge in [0.2, 0.25) is 0 Å². The van der Waals surface area contributed by atoms with Crippen LogP contribution in [0.5, 0.6) is 0 Å². The number of aliphatic imine (C=N–C) groups is 1. The number of benzene rings is 1. The molecule has 0 spiro atoms. The summed E-state index contributed by atoms with van der Waals surface area (Å²) in [6.45, 7) is 3.60. The van der Waals surface area contributed by atoms with E-state index in [2.05, 4.69) is 28.6 Å². The van der Waals surface area contributed by atoms with Crippen molar-refractivity contribution in [3.05, 3.63) is 35.4 Å². The van der Waals surface area contributed by atoms with Gasteiger partial charge in [-0.3, -0.25) is 4.99 Å². The SMILES string of the molecule is CC1CN=C(NCc2cccc(C#N)c2)N1.I. The summed E-state index contributed by atoms with van der Waals surface area (Å²) >= 11 is 0. The number of nitrogens with zero attached hydrogens (tertiary/aromatic N) is 2. The Labute approximate surface area is 118 Å². The summed E-state index contributed by atoms with van der Waals surface area (Å²) in [6.07, 6.45) is 0. The quantitative estimate of drug-likeness (QED) is 0.803. The second kappa shape index (κ2) is 6.45. The third kappa shape index (κ3) is 3.89. The van der Waals surface area contributed by atoms with Crippen molar-refractivity contribution in [1.82, 2.24) is 10.6 Å². The lowest BCUT2D eigenvalue weighted by atomic mass is 10.1. The van der Waals surface area contributed by atoms with Crippen molar-refractivity contribution >= 4 is 29.9 Å². The van der Waals surface area contributed by atoms with E-state index in [0.29, 0.717) is 18.2 Å². The van der Waals surface area contributed by atoms with Gasteiger partial charge in [0.05, 0.1) is 18.2 Å². The fraction of sp³-hybridized carbons (Fsp3) is 0.333. The lowest BCUT2D eigenvalue weighted by Gasteiger charge is -2.08. The molecule has 0 saturated carbocycles. The Morgan fingerprint density at radius 3 is 3.06 bits per heavy atom. The predicted molar refractivity (Wildman–Crippen MR) is 78.3 cm³/mol. The van der Waals surface area contributed by atoms with Crippen molar-refractivity contribution in [2.75, 3.05) is 6.54 Å². The first kappa shape index (κ1) is 13.8. The molecular formula is C12H15IN4. The van der Waals surface area contributed by atoms with Crippen LogP contribution in [0.25, 0.3) is 0 Å². The lowest BCUT2D eigenvalue weighted by Crippen LogP contribution is -2.37. The lowest BCUT2D eigenvalue weighted by molar-refractivity contribution is 0.713. The van der Waals surface area contributed by atoms with Crippen LogP contribution in [0, 0.1) is 11.3 Å². The number of halogens is 1. The van der Waals surface area contributed by atoms with Gasteiger partial charge >= 0.3 is 0 Å². The van der Waals surface area contributed by atoms with Crippen molar-refractivity contribution in [2.24, 2.45) is 4.99 Å². The maximum atomic E-state index is 8.77. The standard InChI is InChI=1S/C12H14N4.HI/c1-9-7-14-12(16-9)15-8-11-4-2-3-10(5-11)6-13;/h2-5,9H,7-8H2,1H3,(H2,14,15,16);1H. The molecule has 17 heavy (non-hydrogen) atoms. The zero-order valence-corrected chi connectivity index (χ0v) is 11.9. The third-order valence-electron chi connectivity index (χ3n) is 2.42. The zero-order chi connectivity index (χ0) is 11.4. The molecular weight excluding hydrogens is 327 g/mol. The Morgan fingerprint density at radius 2 is 2.41 bits per heavy atom. The van der Waals surface area contributed by atoms with E-state index in [1.807, 2.05) is 18.2 Å². The van der Waals surface area contributed by atoms with Crippen molar-refractivity contribution < 1.29 is 0 Å². The van der Waals surface area contributed by atoms with E-state index in [9.17, 15) is 0 Å². The van der Waals surface area contributed by atoms with Crippen LogP contribution in [0.3, 0.4) is 0 Å². The summed E-state index contributed by atoms with van der Waals surface area (Å²) in [5, 5.41) is 15.2. The average Bonchev–Trinajstić information content (AvgIpc) is 2.73. The number of guanidine groups is 1. The third-order valence-corrected chi connectivity index (χ3v) is 2.42. The fourth-order valence-corrected chi connectivity index (χ4v) is 1.60. The molecule has 1 heterocycles. The molecule has 0 amide bonds. The van der Waals surface area contributed by atoms with Gasteiger partial charge in [0.25, 0.3) is 0 Å². The van der Waals surface area contributed by atoms with E-state index in [-0.39, 0.29) is 24.0 Å². The van der Waals surface area contributed by atoms with Crippen LogP contribution in [0.15, 0.2) is 29.3 Å². The number of hydrogen-bond donors (Lipinski definition) is 2. The van der Waals surface area contributed by atoms with Crippen molar-refractivity contribution in [2.45, 2.75) is 19.5 Å². The Kier molecular flexibility index (Phi) is 5.22. The molecule has 0 bridgehead atoms. The molecule has 2 N–H and O–H groups in total. The number of rotatable bonds is 2. The van der Waals surface area contributed by atoms with Crippen molar-refractivity contribution in [3.8, 4) is 6.07 Å². The molecule has 2 rings (SSSR count). The maximum Gasteiger partial charge on any atom is 0.191 e. The summed E-state index contributed by atoms with van der Waals surface area (Å²) in [6, 6.07) is 10.1. The second-order valence-corrected chi connectivity index (χ2v) is 3.90. The van der Waals surface area contributed by atoms with E-state index in [4.69, 9.17) is 5.26 Å². The summed E-state index contributed by atoms with van der Waals surface area (Å²) in [7, 11) is 0. The molecule has 0 radical (unpaired) electrons. The molecule has 1 aromatic carbocycles. The molecule has 4 nitrogen and oxygen atoms in total. The van der Waals surface area contributed by atoms with E-state index >= 15 is 0 Å². The molecule has 0 aliphatic carbocycles. The minimum atomic E-state index is 0. The van der Waals surface area contributed by atoms with Crippen LogP contribution in [0.2, 0.25) is 0 Å². The molecule has 1 atom stereocenters. The average molecular weight is 342 g/mol. The predicted octanol–water partition coefficient (Wildman–Crippen LogP) is 1.61. The zero-order valence-electron chi connectivity index (χ0n) is 9.60. The summed E-state index contributed by atoms with van der Waals surface area (Å²) in [4.78, 5) is 4.30. The monoisotopic (exact) mass is 342 g/mol. The number of hydrogen-bond acceptors (Lipinski definition) is 4. The number of nitriles is 1. The Hall–Kier alpha value is -1.29. The Bertz CT molecular complexity index is 450. The highest BCUT2D eigenvalue weighted by Gasteiger charge is 2.11. The van der Waals surface area contributed by atoms with Gasteiger partial charge in [0.15, 0.2) is 5.96 Å². The first-order chi connectivity index (χ1) is 7.78. The highest BCUT2D eigenvalue weighted by Crippen LogP contribution is 2.04. The largest absolute Gasteiger partial charge is 0.352 e. The topological polar surface area (TPSA) is 60.2 Å². The van der Waals surface area contributed by atoms with E-state index < -0.39 is 0 Å². The summed E-state index contributed by atoms with van der Waals surface area (Å²) in [5.41, 5.74) is 1.78. The molecule has 0 saturated heterocycles. The van der Waals surface area contributed by atoms with Gasteiger partial charge in [-0.15, -0.1) is 24.0 Å².